The number of amides is 1. The molecule has 1 amide bonds. The van der Waals surface area contributed by atoms with Crippen LogP contribution in [0.15, 0.2) is 66.9 Å². The summed E-state index contributed by atoms with van der Waals surface area (Å²) in [5.41, 5.74) is 2.72. The highest BCUT2D eigenvalue weighted by Gasteiger charge is 2.08. The van der Waals surface area contributed by atoms with Crippen molar-refractivity contribution in [1.82, 2.24) is 4.98 Å². The highest BCUT2D eigenvalue weighted by atomic mass is 16.5. The predicted molar refractivity (Wildman–Crippen MR) is 111 cm³/mol. The average Bonchev–Trinajstić information content (AvgIpc) is 2.70. The molecule has 0 spiro atoms. The van der Waals surface area contributed by atoms with Crippen molar-refractivity contribution in [2.24, 2.45) is 0 Å². The van der Waals surface area contributed by atoms with Gasteiger partial charge < -0.3 is 20.1 Å². The predicted octanol–water partition coefficient (Wildman–Crippen LogP) is 4.87. The fraction of sp³-hybridized carbons (Fsp3) is 0.182. The van der Waals surface area contributed by atoms with E-state index in [-0.39, 0.29) is 12.0 Å². The van der Waals surface area contributed by atoms with E-state index in [1.54, 1.807) is 43.6 Å². The fourth-order valence-electron chi connectivity index (χ4n) is 2.53. The van der Waals surface area contributed by atoms with E-state index in [2.05, 4.69) is 15.6 Å². The van der Waals surface area contributed by atoms with E-state index in [1.165, 1.54) is 0 Å². The van der Waals surface area contributed by atoms with Gasteiger partial charge in [-0.2, -0.15) is 0 Å². The Kier molecular flexibility index (Phi) is 6.11. The summed E-state index contributed by atoms with van der Waals surface area (Å²) in [7, 11) is 1.60. The number of nitrogens with zero attached hydrogens (tertiary/aromatic N) is 1. The molecule has 0 fully saturated rings. The summed E-state index contributed by atoms with van der Waals surface area (Å²) in [6.07, 6.45) is 1.76. The molecule has 0 aliphatic rings. The Morgan fingerprint density at radius 1 is 0.857 bits per heavy atom. The van der Waals surface area contributed by atoms with E-state index >= 15 is 0 Å². The molecule has 0 bridgehead atoms. The number of benzene rings is 2. The standard InChI is InChI=1S/C22H23N3O3/c1-15(2)28-20-11-6-16(7-12-20)24-18-8-13-21(23-14-18)22(26)25-17-4-9-19(27-3)10-5-17/h4-15,24H,1-3H3,(H,25,26). The fourth-order valence-corrected chi connectivity index (χ4v) is 2.53. The normalized spacial score (nSPS) is 10.4. The zero-order valence-corrected chi connectivity index (χ0v) is 16.1. The van der Waals surface area contributed by atoms with Gasteiger partial charge in [-0.1, -0.05) is 0 Å². The van der Waals surface area contributed by atoms with Crippen molar-refractivity contribution in [3.63, 3.8) is 0 Å². The molecule has 1 aromatic heterocycles. The third-order valence-electron chi connectivity index (χ3n) is 3.86. The van der Waals surface area contributed by atoms with Crippen molar-refractivity contribution in [2.45, 2.75) is 20.0 Å². The number of rotatable bonds is 7. The van der Waals surface area contributed by atoms with E-state index in [1.807, 2.05) is 44.2 Å². The van der Waals surface area contributed by atoms with Gasteiger partial charge >= 0.3 is 0 Å². The van der Waals surface area contributed by atoms with Crippen molar-refractivity contribution < 1.29 is 14.3 Å². The first kappa shape index (κ1) is 19.2. The van der Waals surface area contributed by atoms with E-state index < -0.39 is 0 Å². The third-order valence-corrected chi connectivity index (χ3v) is 3.86. The van der Waals surface area contributed by atoms with Crippen molar-refractivity contribution >= 4 is 23.0 Å². The van der Waals surface area contributed by atoms with Gasteiger partial charge in [0.05, 0.1) is 25.1 Å². The van der Waals surface area contributed by atoms with Gasteiger partial charge in [-0.25, -0.2) is 4.98 Å². The van der Waals surface area contributed by atoms with Crippen molar-refractivity contribution in [1.29, 1.82) is 0 Å². The van der Waals surface area contributed by atoms with Crippen molar-refractivity contribution in [2.75, 3.05) is 17.7 Å². The van der Waals surface area contributed by atoms with Crippen molar-refractivity contribution in [3.8, 4) is 11.5 Å². The van der Waals surface area contributed by atoms with E-state index in [4.69, 9.17) is 9.47 Å². The molecule has 0 aliphatic heterocycles. The number of ether oxygens (including phenoxy) is 2. The highest BCUT2D eigenvalue weighted by Crippen LogP contribution is 2.21. The van der Waals surface area contributed by atoms with Crippen LogP contribution < -0.4 is 20.1 Å². The number of carbonyl (C=O) groups is 1. The van der Waals surface area contributed by atoms with Gasteiger partial charge in [-0.15, -0.1) is 0 Å². The first-order valence-corrected chi connectivity index (χ1v) is 8.98. The van der Waals surface area contributed by atoms with Gasteiger partial charge in [0.2, 0.25) is 0 Å². The van der Waals surface area contributed by atoms with Crippen LogP contribution in [-0.4, -0.2) is 24.1 Å². The number of hydrogen-bond donors (Lipinski definition) is 2. The van der Waals surface area contributed by atoms with Gasteiger partial charge in [-0.05, 0) is 74.5 Å². The number of methoxy groups -OCH3 is 1. The lowest BCUT2D eigenvalue weighted by molar-refractivity contribution is 0.102. The summed E-state index contributed by atoms with van der Waals surface area (Å²) in [5, 5.41) is 6.06. The lowest BCUT2D eigenvalue weighted by Gasteiger charge is -2.11. The number of hydrogen-bond acceptors (Lipinski definition) is 5. The number of nitrogens with one attached hydrogen (secondary N) is 2. The largest absolute Gasteiger partial charge is 0.497 e. The second kappa shape index (κ2) is 8.90. The first-order valence-electron chi connectivity index (χ1n) is 8.98. The van der Waals surface area contributed by atoms with Crippen LogP contribution >= 0.6 is 0 Å². The molecule has 1 heterocycles. The molecule has 144 valence electrons. The van der Waals surface area contributed by atoms with E-state index in [0.29, 0.717) is 11.4 Å². The molecule has 0 saturated carbocycles. The molecular weight excluding hydrogens is 354 g/mol. The molecule has 0 saturated heterocycles. The minimum absolute atomic E-state index is 0.139. The summed E-state index contributed by atoms with van der Waals surface area (Å²) < 4.78 is 10.7. The molecule has 2 N–H and O–H groups in total. The highest BCUT2D eigenvalue weighted by molar-refractivity contribution is 6.03. The Balaban J connectivity index is 1.60. The smallest absolute Gasteiger partial charge is 0.274 e. The number of pyridine rings is 1. The lowest BCUT2D eigenvalue weighted by Crippen LogP contribution is -2.13. The minimum Gasteiger partial charge on any atom is -0.497 e. The van der Waals surface area contributed by atoms with Crippen LogP contribution in [0, 0.1) is 0 Å². The molecule has 6 nitrogen and oxygen atoms in total. The number of carbonyl (C=O) groups excluding carboxylic acids is 1. The molecule has 3 aromatic rings. The molecular formula is C22H23N3O3. The summed E-state index contributed by atoms with van der Waals surface area (Å²) in [6, 6.07) is 18.3. The Bertz CT molecular complexity index is 905. The van der Waals surface area contributed by atoms with Crippen LogP contribution in [0.2, 0.25) is 0 Å². The van der Waals surface area contributed by atoms with Gasteiger partial charge in [0.25, 0.3) is 5.91 Å². The van der Waals surface area contributed by atoms with E-state index in [0.717, 1.165) is 22.9 Å². The number of anilines is 3. The quantitative estimate of drug-likeness (QED) is 0.614. The molecule has 0 unspecified atom stereocenters. The van der Waals surface area contributed by atoms with Crippen LogP contribution in [0.25, 0.3) is 0 Å². The Labute approximate surface area is 164 Å². The minimum atomic E-state index is -0.271. The van der Waals surface area contributed by atoms with E-state index in [9.17, 15) is 4.79 Å². The molecule has 6 heteroatoms. The summed E-state index contributed by atoms with van der Waals surface area (Å²) in [4.78, 5) is 16.6. The van der Waals surface area contributed by atoms with Gasteiger partial charge in [0.15, 0.2) is 0 Å². The van der Waals surface area contributed by atoms with Crippen LogP contribution in [0.3, 0.4) is 0 Å². The van der Waals surface area contributed by atoms with Crippen LogP contribution in [0.4, 0.5) is 17.1 Å². The maximum Gasteiger partial charge on any atom is 0.274 e. The zero-order valence-electron chi connectivity index (χ0n) is 16.1. The van der Waals surface area contributed by atoms with Gasteiger partial charge in [-0.3, -0.25) is 4.79 Å². The Morgan fingerprint density at radius 2 is 1.46 bits per heavy atom. The molecule has 28 heavy (non-hydrogen) atoms. The zero-order chi connectivity index (χ0) is 19.9. The summed E-state index contributed by atoms with van der Waals surface area (Å²) in [5.74, 6) is 1.28. The second-order valence-corrected chi connectivity index (χ2v) is 6.43. The van der Waals surface area contributed by atoms with Gasteiger partial charge in [0.1, 0.15) is 17.2 Å². The summed E-state index contributed by atoms with van der Waals surface area (Å²) in [6.45, 7) is 3.98. The van der Waals surface area contributed by atoms with Crippen LogP contribution in [-0.2, 0) is 0 Å². The Morgan fingerprint density at radius 3 is 2.04 bits per heavy atom. The monoisotopic (exact) mass is 377 g/mol. The molecule has 0 radical (unpaired) electrons. The van der Waals surface area contributed by atoms with Crippen LogP contribution in [0.1, 0.15) is 24.3 Å². The van der Waals surface area contributed by atoms with Crippen molar-refractivity contribution in [3.05, 3.63) is 72.6 Å². The topological polar surface area (TPSA) is 72.5 Å². The first-order chi connectivity index (χ1) is 13.5. The molecule has 2 aromatic carbocycles. The average molecular weight is 377 g/mol. The second-order valence-electron chi connectivity index (χ2n) is 6.43. The van der Waals surface area contributed by atoms with Gasteiger partial charge in [0, 0.05) is 11.4 Å². The third kappa shape index (κ3) is 5.23. The number of aromatic nitrogens is 1. The maximum absolute atomic E-state index is 12.3. The Hall–Kier alpha value is -3.54. The molecule has 0 atom stereocenters. The molecule has 0 aliphatic carbocycles. The lowest BCUT2D eigenvalue weighted by atomic mass is 10.2. The SMILES string of the molecule is COc1ccc(NC(=O)c2ccc(Nc3ccc(OC(C)C)cc3)cn2)cc1. The molecule has 3 rings (SSSR count). The summed E-state index contributed by atoms with van der Waals surface area (Å²) >= 11 is 0. The maximum atomic E-state index is 12.3. The van der Waals surface area contributed by atoms with Crippen LogP contribution in [0.5, 0.6) is 11.5 Å².